The molecule has 0 radical (unpaired) electrons. The van der Waals surface area contributed by atoms with Crippen LogP contribution in [0.4, 0.5) is 11.5 Å². The maximum Gasteiger partial charge on any atom is 0.225 e. The van der Waals surface area contributed by atoms with E-state index in [1.165, 1.54) is 0 Å². The molecular weight excluding hydrogens is 428 g/mol. The van der Waals surface area contributed by atoms with Gasteiger partial charge >= 0.3 is 0 Å². The van der Waals surface area contributed by atoms with Gasteiger partial charge in [0.15, 0.2) is 5.78 Å². The van der Waals surface area contributed by atoms with Crippen molar-refractivity contribution in [3.63, 3.8) is 0 Å². The van der Waals surface area contributed by atoms with Crippen molar-refractivity contribution in [2.24, 2.45) is 0 Å². The summed E-state index contributed by atoms with van der Waals surface area (Å²) in [4.78, 5) is 32.4. The van der Waals surface area contributed by atoms with Crippen LogP contribution in [0.1, 0.15) is 42.1 Å². The van der Waals surface area contributed by atoms with E-state index in [4.69, 9.17) is 16.3 Å². The molecule has 170 valence electrons. The van der Waals surface area contributed by atoms with Gasteiger partial charge in [-0.25, -0.2) is 0 Å². The van der Waals surface area contributed by atoms with Crippen LogP contribution in [-0.4, -0.2) is 60.9 Å². The second-order valence-corrected chi connectivity index (χ2v) is 8.66. The second-order valence-electron chi connectivity index (χ2n) is 8.28. The number of ether oxygens (including phenoxy) is 1. The van der Waals surface area contributed by atoms with Crippen LogP contribution in [0.3, 0.4) is 0 Å². The number of halogens is 1. The maximum atomic E-state index is 11.7. The Labute approximate surface area is 193 Å². The van der Waals surface area contributed by atoms with E-state index in [1.54, 1.807) is 13.0 Å². The number of amides is 1. The molecule has 2 aliphatic heterocycles. The maximum absolute atomic E-state index is 11.7. The number of piperazine rings is 1. The number of fused-ring (bicyclic) bond motifs is 1. The lowest BCUT2D eigenvalue weighted by Crippen LogP contribution is -2.46. The average Bonchev–Trinajstić information content (AvgIpc) is 2.79. The number of aryl methyl sites for hydroxylation is 1. The van der Waals surface area contributed by atoms with Gasteiger partial charge in [0.25, 0.3) is 0 Å². The summed E-state index contributed by atoms with van der Waals surface area (Å²) in [5.41, 5.74) is 2.59. The molecule has 1 aromatic heterocycles. The lowest BCUT2D eigenvalue weighted by molar-refractivity contribution is -0.116. The quantitative estimate of drug-likeness (QED) is 0.481. The summed E-state index contributed by atoms with van der Waals surface area (Å²) in [6.07, 6.45) is 3.23. The van der Waals surface area contributed by atoms with E-state index in [0.717, 1.165) is 63.2 Å². The number of nitrogens with one attached hydrogen (secondary N) is 1. The number of Topliss-reactive ketones (excluding diaryl/α,β-unsaturated/α-hetero) is 1. The standard InChI is InChI=1S/C24H29ClN4O3/c1-17(30)19-5-4-6-20(23(19)25)29-14-12-28(13-15-29)11-2-3-16-32-22-10-8-18-7-9-21(31)26-24(18)27-22/h4-6,8,10H,2-3,7,9,11-16H2,1H3,(H,26,27,31). The molecule has 3 heterocycles. The summed E-state index contributed by atoms with van der Waals surface area (Å²) in [5, 5.41) is 3.36. The average molecular weight is 457 g/mol. The van der Waals surface area contributed by atoms with E-state index in [0.29, 0.717) is 35.3 Å². The summed E-state index contributed by atoms with van der Waals surface area (Å²) in [6.45, 7) is 6.89. The zero-order valence-corrected chi connectivity index (χ0v) is 19.2. The van der Waals surface area contributed by atoms with Crippen molar-refractivity contribution in [1.82, 2.24) is 9.88 Å². The van der Waals surface area contributed by atoms with Gasteiger partial charge in [0.2, 0.25) is 11.8 Å². The smallest absolute Gasteiger partial charge is 0.225 e. The van der Waals surface area contributed by atoms with Crippen LogP contribution in [-0.2, 0) is 11.2 Å². The van der Waals surface area contributed by atoms with E-state index in [9.17, 15) is 9.59 Å². The summed E-state index contributed by atoms with van der Waals surface area (Å²) in [6, 6.07) is 9.52. The number of ketones is 1. The molecule has 0 saturated carbocycles. The predicted molar refractivity (Wildman–Crippen MR) is 126 cm³/mol. The molecule has 1 fully saturated rings. The normalized spacial score (nSPS) is 16.4. The van der Waals surface area contributed by atoms with Crippen LogP contribution >= 0.6 is 11.6 Å². The van der Waals surface area contributed by atoms with Gasteiger partial charge in [-0.15, -0.1) is 0 Å². The van der Waals surface area contributed by atoms with E-state index in [2.05, 4.69) is 20.1 Å². The fraction of sp³-hybridized carbons (Fsp3) is 0.458. The summed E-state index contributed by atoms with van der Waals surface area (Å²) in [7, 11) is 0. The molecule has 7 nitrogen and oxygen atoms in total. The van der Waals surface area contributed by atoms with E-state index >= 15 is 0 Å². The molecule has 1 saturated heterocycles. The second kappa shape index (κ2) is 10.3. The number of pyridine rings is 1. The van der Waals surface area contributed by atoms with Gasteiger partial charge in [0, 0.05) is 44.2 Å². The van der Waals surface area contributed by atoms with E-state index in [-0.39, 0.29) is 11.7 Å². The fourth-order valence-corrected chi connectivity index (χ4v) is 4.54. The van der Waals surface area contributed by atoms with Crippen molar-refractivity contribution >= 4 is 34.8 Å². The number of benzene rings is 1. The van der Waals surface area contributed by atoms with Gasteiger partial charge in [0.05, 0.1) is 17.3 Å². The number of carbonyl (C=O) groups is 2. The summed E-state index contributed by atoms with van der Waals surface area (Å²) < 4.78 is 5.78. The molecule has 1 amide bonds. The molecule has 2 aromatic rings. The molecule has 2 aliphatic rings. The van der Waals surface area contributed by atoms with Gasteiger partial charge in [0.1, 0.15) is 5.82 Å². The number of carbonyl (C=O) groups excluding carboxylic acids is 2. The third-order valence-corrected chi connectivity index (χ3v) is 6.42. The van der Waals surface area contributed by atoms with Gasteiger partial charge in [-0.1, -0.05) is 17.7 Å². The van der Waals surface area contributed by atoms with Crippen molar-refractivity contribution in [1.29, 1.82) is 0 Å². The fourth-order valence-electron chi connectivity index (χ4n) is 4.17. The summed E-state index contributed by atoms with van der Waals surface area (Å²) >= 11 is 6.47. The molecule has 8 heteroatoms. The highest BCUT2D eigenvalue weighted by atomic mass is 35.5. The first-order valence-corrected chi connectivity index (χ1v) is 11.6. The van der Waals surface area contributed by atoms with Crippen molar-refractivity contribution < 1.29 is 14.3 Å². The van der Waals surface area contributed by atoms with Gasteiger partial charge in [-0.3, -0.25) is 14.5 Å². The molecule has 1 aromatic carbocycles. The summed E-state index contributed by atoms with van der Waals surface area (Å²) in [5.74, 6) is 1.19. The topological polar surface area (TPSA) is 74.8 Å². The van der Waals surface area contributed by atoms with Crippen molar-refractivity contribution in [2.75, 3.05) is 49.5 Å². The zero-order valence-electron chi connectivity index (χ0n) is 18.4. The van der Waals surface area contributed by atoms with Gasteiger partial charge < -0.3 is 15.0 Å². The van der Waals surface area contributed by atoms with Crippen LogP contribution in [0, 0.1) is 0 Å². The molecule has 0 unspecified atom stereocenters. The van der Waals surface area contributed by atoms with Crippen LogP contribution in [0.5, 0.6) is 5.88 Å². The molecular formula is C24H29ClN4O3. The van der Waals surface area contributed by atoms with Gasteiger partial charge in [-0.05, 0) is 56.5 Å². The molecule has 0 spiro atoms. The highest BCUT2D eigenvalue weighted by molar-refractivity contribution is 6.36. The minimum atomic E-state index is -0.00644. The van der Waals surface area contributed by atoms with Gasteiger partial charge in [-0.2, -0.15) is 4.98 Å². The Morgan fingerprint density at radius 1 is 1.12 bits per heavy atom. The Hall–Kier alpha value is -2.64. The van der Waals surface area contributed by atoms with E-state index < -0.39 is 0 Å². The molecule has 1 N–H and O–H groups in total. The predicted octanol–water partition coefficient (Wildman–Crippen LogP) is 3.80. The first-order chi connectivity index (χ1) is 15.5. The SMILES string of the molecule is CC(=O)c1cccc(N2CCN(CCCCOc3ccc4c(n3)NC(=O)CC4)CC2)c1Cl. The molecule has 4 rings (SSSR count). The van der Waals surface area contributed by atoms with Crippen molar-refractivity contribution in [2.45, 2.75) is 32.6 Å². The Balaban J connectivity index is 1.17. The lowest BCUT2D eigenvalue weighted by Gasteiger charge is -2.36. The zero-order chi connectivity index (χ0) is 22.5. The highest BCUT2D eigenvalue weighted by Gasteiger charge is 2.21. The Kier molecular flexibility index (Phi) is 7.27. The van der Waals surface area contributed by atoms with Crippen LogP contribution in [0.15, 0.2) is 30.3 Å². The minimum Gasteiger partial charge on any atom is -0.478 e. The van der Waals surface area contributed by atoms with Crippen molar-refractivity contribution in [3.05, 3.63) is 46.5 Å². The largest absolute Gasteiger partial charge is 0.478 e. The number of rotatable bonds is 8. The molecule has 0 aliphatic carbocycles. The van der Waals surface area contributed by atoms with Crippen LogP contribution in [0.2, 0.25) is 5.02 Å². The molecule has 32 heavy (non-hydrogen) atoms. The number of hydrogen-bond acceptors (Lipinski definition) is 6. The number of aromatic nitrogens is 1. The Morgan fingerprint density at radius 3 is 2.72 bits per heavy atom. The third-order valence-electron chi connectivity index (χ3n) is 6.02. The highest BCUT2D eigenvalue weighted by Crippen LogP contribution is 2.30. The monoisotopic (exact) mass is 456 g/mol. The molecule has 0 bridgehead atoms. The van der Waals surface area contributed by atoms with Crippen molar-refractivity contribution in [3.8, 4) is 5.88 Å². The number of anilines is 2. The first kappa shape index (κ1) is 22.6. The number of nitrogens with zero attached hydrogens (tertiary/aromatic N) is 3. The van der Waals surface area contributed by atoms with E-state index in [1.807, 2.05) is 24.3 Å². The Morgan fingerprint density at radius 2 is 1.94 bits per heavy atom. The minimum absolute atomic E-state index is 0.00644. The number of unbranched alkanes of at least 4 members (excludes halogenated alkanes) is 1. The van der Waals surface area contributed by atoms with Crippen LogP contribution < -0.4 is 15.0 Å². The number of hydrogen-bond donors (Lipinski definition) is 1. The lowest BCUT2D eigenvalue weighted by atomic mass is 10.1. The molecule has 0 atom stereocenters. The van der Waals surface area contributed by atoms with Crippen LogP contribution in [0.25, 0.3) is 0 Å². The first-order valence-electron chi connectivity index (χ1n) is 11.2. The Bertz CT molecular complexity index is 989. The third kappa shape index (κ3) is 5.40.